The Labute approximate surface area is 103 Å². The molecule has 1 aliphatic heterocycles. The van der Waals surface area contributed by atoms with E-state index < -0.39 is 0 Å². The molecule has 0 aliphatic carbocycles. The molecule has 3 nitrogen and oxygen atoms in total. The lowest BCUT2D eigenvalue weighted by Gasteiger charge is -2.27. The molecule has 0 spiro atoms. The van der Waals surface area contributed by atoms with Crippen LogP contribution in [0.3, 0.4) is 0 Å². The summed E-state index contributed by atoms with van der Waals surface area (Å²) in [5, 5.41) is 0. The molecule has 94 valence electrons. The molecule has 1 saturated heterocycles. The lowest BCUT2D eigenvalue weighted by Crippen LogP contribution is -2.42. The van der Waals surface area contributed by atoms with Gasteiger partial charge < -0.3 is 4.74 Å². The molecule has 16 heavy (non-hydrogen) atoms. The van der Waals surface area contributed by atoms with Gasteiger partial charge in [0.05, 0.1) is 0 Å². The third kappa shape index (κ3) is 3.67. The number of likely N-dealkylation sites (N-methyl/N-ethyl adjacent to an activating group) is 1. The van der Waals surface area contributed by atoms with Crippen LogP contribution in [0.4, 0.5) is 0 Å². The highest BCUT2D eigenvalue weighted by Crippen LogP contribution is 2.21. The van der Waals surface area contributed by atoms with Crippen LogP contribution in [0.5, 0.6) is 0 Å². The minimum Gasteiger partial charge on any atom is -0.460 e. The van der Waals surface area contributed by atoms with Crippen molar-refractivity contribution in [2.24, 2.45) is 0 Å². The molecule has 0 aromatic carbocycles. The van der Waals surface area contributed by atoms with Gasteiger partial charge in [0.25, 0.3) is 0 Å². The third-order valence-corrected chi connectivity index (χ3v) is 4.21. The fourth-order valence-electron chi connectivity index (χ4n) is 2.09. The molecule has 0 aromatic heterocycles. The van der Waals surface area contributed by atoms with Crippen LogP contribution in [-0.4, -0.2) is 47.6 Å². The van der Waals surface area contributed by atoms with Crippen molar-refractivity contribution in [3.05, 3.63) is 0 Å². The van der Waals surface area contributed by atoms with Crippen LogP contribution in [0.1, 0.15) is 33.6 Å². The lowest BCUT2D eigenvalue weighted by atomic mass is 10.2. The average molecular weight is 245 g/mol. The second-order valence-corrected chi connectivity index (χ2v) is 5.22. The van der Waals surface area contributed by atoms with Crippen molar-refractivity contribution in [1.29, 1.82) is 0 Å². The zero-order chi connectivity index (χ0) is 12.0. The van der Waals surface area contributed by atoms with Gasteiger partial charge in [-0.15, -0.1) is 0 Å². The first-order valence-corrected chi connectivity index (χ1v) is 7.40. The minimum absolute atomic E-state index is 0.0290. The van der Waals surface area contributed by atoms with Crippen molar-refractivity contribution in [3.63, 3.8) is 0 Å². The minimum atomic E-state index is -0.0550. The Bertz CT molecular complexity index is 213. The van der Waals surface area contributed by atoms with Crippen molar-refractivity contribution < 1.29 is 9.53 Å². The van der Waals surface area contributed by atoms with E-state index in [9.17, 15) is 4.79 Å². The van der Waals surface area contributed by atoms with Crippen LogP contribution >= 0.6 is 11.8 Å². The van der Waals surface area contributed by atoms with Crippen molar-refractivity contribution in [2.75, 3.05) is 24.6 Å². The maximum Gasteiger partial charge on any atom is 0.323 e. The second kappa shape index (κ2) is 7.17. The Morgan fingerprint density at radius 1 is 1.44 bits per heavy atom. The predicted octanol–water partition coefficient (Wildman–Crippen LogP) is 2.16. The Balaban J connectivity index is 2.47. The summed E-state index contributed by atoms with van der Waals surface area (Å²) in [6.07, 6.45) is 2.01. The highest BCUT2D eigenvalue weighted by Gasteiger charge is 2.27. The summed E-state index contributed by atoms with van der Waals surface area (Å²) in [5.41, 5.74) is 0. The summed E-state index contributed by atoms with van der Waals surface area (Å²) in [6, 6.07) is -0.0550. The van der Waals surface area contributed by atoms with Crippen LogP contribution in [0, 0.1) is 0 Å². The lowest BCUT2D eigenvalue weighted by molar-refractivity contribution is -0.154. The Morgan fingerprint density at radius 3 is 2.56 bits per heavy atom. The standard InChI is InChI=1S/C12H23NO2S/c1-4-11(13(5-2)6-3)12(14)15-10-7-8-16-9-10/h10-11H,4-9H2,1-3H3/t10-,11+/m0/s1. The van der Waals surface area contributed by atoms with Gasteiger partial charge in [0.15, 0.2) is 0 Å². The summed E-state index contributed by atoms with van der Waals surface area (Å²) in [7, 11) is 0. The van der Waals surface area contributed by atoms with Crippen LogP contribution < -0.4 is 0 Å². The summed E-state index contributed by atoms with van der Waals surface area (Å²) in [6.45, 7) is 8.04. The molecule has 1 heterocycles. The number of nitrogens with zero attached hydrogens (tertiary/aromatic N) is 1. The molecule has 1 rings (SSSR count). The molecule has 0 saturated carbocycles. The van der Waals surface area contributed by atoms with E-state index in [1.807, 2.05) is 18.7 Å². The van der Waals surface area contributed by atoms with E-state index in [1.54, 1.807) is 0 Å². The fraction of sp³-hybridized carbons (Fsp3) is 0.917. The maximum absolute atomic E-state index is 12.0. The van der Waals surface area contributed by atoms with Gasteiger partial charge in [-0.05, 0) is 31.7 Å². The van der Waals surface area contributed by atoms with E-state index in [-0.39, 0.29) is 18.1 Å². The summed E-state index contributed by atoms with van der Waals surface area (Å²) >= 11 is 1.87. The number of carbonyl (C=O) groups excluding carboxylic acids is 1. The van der Waals surface area contributed by atoms with Crippen LogP contribution in [0.15, 0.2) is 0 Å². The number of thioether (sulfide) groups is 1. The number of rotatable bonds is 6. The molecular weight excluding hydrogens is 222 g/mol. The molecule has 0 bridgehead atoms. The van der Waals surface area contributed by atoms with E-state index in [0.717, 1.165) is 37.4 Å². The van der Waals surface area contributed by atoms with Crippen molar-refractivity contribution in [1.82, 2.24) is 4.90 Å². The highest BCUT2D eigenvalue weighted by molar-refractivity contribution is 7.99. The van der Waals surface area contributed by atoms with E-state index in [2.05, 4.69) is 18.7 Å². The van der Waals surface area contributed by atoms with E-state index in [1.165, 1.54) is 0 Å². The zero-order valence-electron chi connectivity index (χ0n) is 10.6. The van der Waals surface area contributed by atoms with Gasteiger partial charge in [0, 0.05) is 5.75 Å². The third-order valence-electron chi connectivity index (χ3n) is 3.08. The molecular formula is C12H23NO2S. The molecule has 0 unspecified atom stereocenters. The SMILES string of the molecule is CC[C@H](C(=O)O[C@H]1CCSC1)N(CC)CC. The van der Waals surface area contributed by atoms with Gasteiger partial charge in [-0.2, -0.15) is 11.8 Å². The van der Waals surface area contributed by atoms with Gasteiger partial charge >= 0.3 is 5.97 Å². The Hall–Kier alpha value is -0.220. The predicted molar refractivity (Wildman–Crippen MR) is 68.8 cm³/mol. The molecule has 1 fully saturated rings. The largest absolute Gasteiger partial charge is 0.460 e. The summed E-state index contributed by atoms with van der Waals surface area (Å²) < 4.78 is 5.55. The normalized spacial score (nSPS) is 22.4. The average Bonchev–Trinajstić information content (AvgIpc) is 2.78. The van der Waals surface area contributed by atoms with E-state index in [4.69, 9.17) is 4.74 Å². The van der Waals surface area contributed by atoms with Gasteiger partial charge in [-0.3, -0.25) is 9.69 Å². The highest BCUT2D eigenvalue weighted by atomic mass is 32.2. The maximum atomic E-state index is 12.0. The van der Waals surface area contributed by atoms with Crippen LogP contribution in [-0.2, 0) is 9.53 Å². The first-order chi connectivity index (χ1) is 7.72. The molecule has 0 N–H and O–H groups in total. The fourth-order valence-corrected chi connectivity index (χ4v) is 3.18. The first-order valence-electron chi connectivity index (χ1n) is 6.25. The number of carbonyl (C=O) groups is 1. The van der Waals surface area contributed by atoms with E-state index >= 15 is 0 Å². The molecule has 0 radical (unpaired) electrons. The van der Waals surface area contributed by atoms with E-state index in [0.29, 0.717) is 0 Å². The molecule has 0 amide bonds. The van der Waals surface area contributed by atoms with Crippen LogP contribution in [0.25, 0.3) is 0 Å². The topological polar surface area (TPSA) is 29.5 Å². The van der Waals surface area contributed by atoms with Crippen molar-refractivity contribution in [2.45, 2.75) is 45.8 Å². The first kappa shape index (κ1) is 13.8. The Kier molecular flexibility index (Phi) is 6.21. The van der Waals surface area contributed by atoms with Gasteiger partial charge in [-0.25, -0.2) is 0 Å². The molecule has 0 aromatic rings. The second-order valence-electron chi connectivity index (χ2n) is 4.07. The summed E-state index contributed by atoms with van der Waals surface area (Å²) in [4.78, 5) is 14.2. The van der Waals surface area contributed by atoms with Crippen molar-refractivity contribution >= 4 is 17.7 Å². The molecule has 2 atom stereocenters. The van der Waals surface area contributed by atoms with Crippen LogP contribution in [0.2, 0.25) is 0 Å². The van der Waals surface area contributed by atoms with Gasteiger partial charge in [0.2, 0.25) is 0 Å². The van der Waals surface area contributed by atoms with Gasteiger partial charge in [0.1, 0.15) is 12.1 Å². The monoisotopic (exact) mass is 245 g/mol. The van der Waals surface area contributed by atoms with Crippen molar-refractivity contribution in [3.8, 4) is 0 Å². The van der Waals surface area contributed by atoms with Gasteiger partial charge in [-0.1, -0.05) is 20.8 Å². The number of esters is 1. The molecule has 4 heteroatoms. The number of hydrogen-bond donors (Lipinski definition) is 0. The number of hydrogen-bond acceptors (Lipinski definition) is 4. The molecule has 1 aliphatic rings. The Morgan fingerprint density at radius 2 is 2.12 bits per heavy atom. The number of ether oxygens (including phenoxy) is 1. The summed E-state index contributed by atoms with van der Waals surface area (Å²) in [5.74, 6) is 2.07. The smallest absolute Gasteiger partial charge is 0.323 e. The zero-order valence-corrected chi connectivity index (χ0v) is 11.4. The quantitative estimate of drug-likeness (QED) is 0.671.